The maximum atomic E-state index is 12.9. The van der Waals surface area contributed by atoms with Crippen molar-refractivity contribution < 1.29 is 22.7 Å². The number of sulfonamides is 1. The Bertz CT molecular complexity index is 916. The molecule has 2 aromatic rings. The minimum atomic E-state index is -3.69. The SMILES string of the molecule is COc1ccc(OCCN(C)C(=O)C2CCCN2S(=O)(=O)c2ccccc2)cc1. The van der Waals surface area contributed by atoms with Gasteiger partial charge in [0.15, 0.2) is 0 Å². The van der Waals surface area contributed by atoms with Gasteiger partial charge in [-0.1, -0.05) is 18.2 Å². The predicted octanol–water partition coefficient (Wildman–Crippen LogP) is 2.39. The van der Waals surface area contributed by atoms with Crippen molar-refractivity contribution in [2.24, 2.45) is 0 Å². The second kappa shape index (κ2) is 9.28. The lowest BCUT2D eigenvalue weighted by Crippen LogP contribution is -2.47. The summed E-state index contributed by atoms with van der Waals surface area (Å²) in [5.74, 6) is 1.21. The number of methoxy groups -OCH3 is 1. The maximum absolute atomic E-state index is 12.9. The molecular weight excluding hydrogens is 392 g/mol. The van der Waals surface area contributed by atoms with Gasteiger partial charge < -0.3 is 14.4 Å². The number of carbonyl (C=O) groups is 1. The molecule has 7 nitrogen and oxygen atoms in total. The Labute approximate surface area is 171 Å². The largest absolute Gasteiger partial charge is 0.497 e. The average molecular weight is 419 g/mol. The van der Waals surface area contributed by atoms with Crippen molar-refractivity contribution in [1.82, 2.24) is 9.21 Å². The molecule has 2 aromatic carbocycles. The van der Waals surface area contributed by atoms with E-state index < -0.39 is 16.1 Å². The number of carbonyl (C=O) groups excluding carboxylic acids is 1. The van der Waals surface area contributed by atoms with Crippen LogP contribution in [0.5, 0.6) is 11.5 Å². The zero-order valence-corrected chi connectivity index (χ0v) is 17.5. The molecule has 1 amide bonds. The first-order chi connectivity index (χ1) is 13.9. The summed E-state index contributed by atoms with van der Waals surface area (Å²) in [7, 11) is -0.424. The Morgan fingerprint density at radius 2 is 1.76 bits per heavy atom. The molecule has 29 heavy (non-hydrogen) atoms. The molecule has 0 aliphatic carbocycles. The third-order valence-electron chi connectivity index (χ3n) is 4.97. The number of rotatable bonds is 8. The van der Waals surface area contributed by atoms with Crippen molar-refractivity contribution in [3.63, 3.8) is 0 Å². The smallest absolute Gasteiger partial charge is 0.243 e. The van der Waals surface area contributed by atoms with Crippen LogP contribution < -0.4 is 9.47 Å². The lowest BCUT2D eigenvalue weighted by Gasteiger charge is -2.27. The van der Waals surface area contributed by atoms with Crippen LogP contribution in [-0.4, -0.2) is 63.4 Å². The Morgan fingerprint density at radius 3 is 2.41 bits per heavy atom. The lowest BCUT2D eigenvalue weighted by molar-refractivity contribution is -0.133. The van der Waals surface area contributed by atoms with Crippen molar-refractivity contribution in [1.29, 1.82) is 0 Å². The van der Waals surface area contributed by atoms with Gasteiger partial charge in [-0.2, -0.15) is 4.31 Å². The molecule has 1 aliphatic rings. The molecule has 0 radical (unpaired) electrons. The summed E-state index contributed by atoms with van der Waals surface area (Å²) in [6.07, 6.45) is 1.19. The zero-order chi connectivity index (χ0) is 20.9. The van der Waals surface area contributed by atoms with Crippen molar-refractivity contribution in [2.45, 2.75) is 23.8 Å². The summed E-state index contributed by atoms with van der Waals surface area (Å²) in [6.45, 7) is 1.02. The first kappa shape index (κ1) is 21.1. The normalized spacial score (nSPS) is 17.1. The molecule has 0 N–H and O–H groups in total. The standard InChI is InChI=1S/C21H26N2O5S/c1-22(15-16-28-18-12-10-17(27-2)11-13-18)21(24)20-9-6-14-23(20)29(25,26)19-7-4-3-5-8-19/h3-5,7-8,10-13,20H,6,9,14-16H2,1-2H3. The molecule has 1 saturated heterocycles. The highest BCUT2D eigenvalue weighted by atomic mass is 32.2. The van der Waals surface area contributed by atoms with Crippen LogP contribution in [0, 0.1) is 0 Å². The van der Waals surface area contributed by atoms with Gasteiger partial charge in [-0.05, 0) is 49.2 Å². The Balaban J connectivity index is 1.59. The van der Waals surface area contributed by atoms with Crippen LogP contribution in [0.15, 0.2) is 59.5 Å². The summed E-state index contributed by atoms with van der Waals surface area (Å²) >= 11 is 0. The van der Waals surface area contributed by atoms with Crippen LogP contribution in [0.4, 0.5) is 0 Å². The summed E-state index contributed by atoms with van der Waals surface area (Å²) in [5, 5.41) is 0. The highest BCUT2D eigenvalue weighted by molar-refractivity contribution is 7.89. The van der Waals surface area contributed by atoms with Gasteiger partial charge in [0.05, 0.1) is 18.6 Å². The van der Waals surface area contributed by atoms with E-state index in [1.165, 1.54) is 9.21 Å². The highest BCUT2D eigenvalue weighted by Crippen LogP contribution is 2.27. The van der Waals surface area contributed by atoms with Crippen molar-refractivity contribution >= 4 is 15.9 Å². The predicted molar refractivity (Wildman–Crippen MR) is 109 cm³/mol. The molecule has 1 aliphatic heterocycles. The zero-order valence-electron chi connectivity index (χ0n) is 16.7. The number of benzene rings is 2. The Kier molecular flexibility index (Phi) is 6.76. The minimum absolute atomic E-state index is 0.208. The van der Waals surface area contributed by atoms with Crippen LogP contribution in [0.2, 0.25) is 0 Å². The molecule has 0 bridgehead atoms. The summed E-state index contributed by atoms with van der Waals surface area (Å²) in [4.78, 5) is 14.7. The van der Waals surface area contributed by atoms with Gasteiger partial charge in [0.2, 0.25) is 15.9 Å². The fraction of sp³-hybridized carbons (Fsp3) is 0.381. The summed E-state index contributed by atoms with van der Waals surface area (Å²) < 4.78 is 38.0. The Morgan fingerprint density at radius 1 is 1.10 bits per heavy atom. The van der Waals surface area contributed by atoms with Gasteiger partial charge in [0.25, 0.3) is 0 Å². The van der Waals surface area contributed by atoms with Crippen molar-refractivity contribution in [3.8, 4) is 11.5 Å². The number of amides is 1. The molecule has 0 saturated carbocycles. The number of likely N-dealkylation sites (N-methyl/N-ethyl adjacent to an activating group) is 1. The molecule has 0 aromatic heterocycles. The molecule has 1 atom stereocenters. The fourth-order valence-corrected chi connectivity index (χ4v) is 5.01. The highest BCUT2D eigenvalue weighted by Gasteiger charge is 2.40. The third kappa shape index (κ3) is 4.89. The summed E-state index contributed by atoms with van der Waals surface area (Å²) in [5.41, 5.74) is 0. The van der Waals surface area contributed by atoms with Crippen molar-refractivity contribution in [3.05, 3.63) is 54.6 Å². The Hall–Kier alpha value is -2.58. The molecule has 156 valence electrons. The second-order valence-electron chi connectivity index (χ2n) is 6.87. The maximum Gasteiger partial charge on any atom is 0.243 e. The van der Waals surface area contributed by atoms with E-state index in [1.807, 2.05) is 0 Å². The number of nitrogens with zero attached hydrogens (tertiary/aromatic N) is 2. The van der Waals surface area contributed by atoms with Gasteiger partial charge in [0.1, 0.15) is 24.1 Å². The lowest BCUT2D eigenvalue weighted by atomic mass is 10.2. The molecule has 8 heteroatoms. The van der Waals surface area contributed by atoms with E-state index in [9.17, 15) is 13.2 Å². The third-order valence-corrected chi connectivity index (χ3v) is 6.89. The average Bonchev–Trinajstić information content (AvgIpc) is 3.25. The van der Waals surface area contributed by atoms with Gasteiger partial charge in [0, 0.05) is 13.6 Å². The second-order valence-corrected chi connectivity index (χ2v) is 8.76. The van der Waals surface area contributed by atoms with Crippen LogP contribution in [-0.2, 0) is 14.8 Å². The van der Waals surface area contributed by atoms with E-state index in [-0.39, 0.29) is 10.8 Å². The molecule has 0 spiro atoms. The van der Waals surface area contributed by atoms with E-state index in [2.05, 4.69) is 0 Å². The fourth-order valence-electron chi connectivity index (χ4n) is 3.34. The van der Waals surface area contributed by atoms with Gasteiger partial charge in [-0.25, -0.2) is 8.42 Å². The van der Waals surface area contributed by atoms with E-state index in [4.69, 9.17) is 9.47 Å². The van der Waals surface area contributed by atoms with Gasteiger partial charge in [-0.3, -0.25) is 4.79 Å². The van der Waals surface area contributed by atoms with Crippen LogP contribution in [0.3, 0.4) is 0 Å². The van der Waals surface area contributed by atoms with E-state index in [1.54, 1.807) is 68.8 Å². The number of ether oxygens (including phenoxy) is 2. The number of hydrogen-bond acceptors (Lipinski definition) is 5. The van der Waals surface area contributed by atoms with E-state index >= 15 is 0 Å². The van der Waals surface area contributed by atoms with Crippen LogP contribution >= 0.6 is 0 Å². The molecule has 1 fully saturated rings. The molecule has 1 heterocycles. The van der Waals surface area contributed by atoms with Gasteiger partial charge in [-0.15, -0.1) is 0 Å². The summed E-state index contributed by atoms with van der Waals surface area (Å²) in [6, 6.07) is 14.8. The minimum Gasteiger partial charge on any atom is -0.497 e. The van der Waals surface area contributed by atoms with E-state index in [0.29, 0.717) is 38.3 Å². The van der Waals surface area contributed by atoms with E-state index in [0.717, 1.165) is 5.75 Å². The van der Waals surface area contributed by atoms with Crippen LogP contribution in [0.1, 0.15) is 12.8 Å². The molecule has 3 rings (SSSR count). The molecular formula is C21H26N2O5S. The van der Waals surface area contributed by atoms with Gasteiger partial charge >= 0.3 is 0 Å². The number of hydrogen-bond donors (Lipinski definition) is 0. The topological polar surface area (TPSA) is 76.2 Å². The van der Waals surface area contributed by atoms with Crippen LogP contribution in [0.25, 0.3) is 0 Å². The molecule has 1 unspecified atom stereocenters. The first-order valence-electron chi connectivity index (χ1n) is 9.52. The first-order valence-corrected chi connectivity index (χ1v) is 11.0. The monoisotopic (exact) mass is 418 g/mol. The van der Waals surface area contributed by atoms with Crippen molar-refractivity contribution in [2.75, 3.05) is 33.9 Å². The quantitative estimate of drug-likeness (QED) is 0.658.